The molecule has 0 unspecified atom stereocenters. The maximum Gasteiger partial charge on any atom is 0.232 e. The highest BCUT2D eigenvalue weighted by Crippen LogP contribution is 2.28. The van der Waals surface area contributed by atoms with Crippen LogP contribution in [0.3, 0.4) is 0 Å². The Morgan fingerprint density at radius 3 is 2.36 bits per heavy atom. The highest BCUT2D eigenvalue weighted by molar-refractivity contribution is 7.80. The topological polar surface area (TPSA) is 56.3 Å². The van der Waals surface area contributed by atoms with Gasteiger partial charge in [0.05, 0.1) is 0 Å². The summed E-state index contributed by atoms with van der Waals surface area (Å²) in [5, 5.41) is 7.39. The lowest BCUT2D eigenvalue weighted by atomic mass is 10.0. The minimum absolute atomic E-state index is 0.492. The molecule has 1 aromatic heterocycles. The number of hydrogen-bond donors (Lipinski definition) is 2. The first-order valence-electron chi connectivity index (χ1n) is 11.2. The van der Waals surface area contributed by atoms with Crippen LogP contribution < -0.4 is 20.4 Å². The Labute approximate surface area is 174 Å². The molecule has 0 aromatic carbocycles. The predicted octanol–water partition coefficient (Wildman–Crippen LogP) is 4.07. The average molecular weight is 403 g/mol. The van der Waals surface area contributed by atoms with Gasteiger partial charge in [-0.25, -0.2) is 0 Å². The molecule has 0 radical (unpaired) electrons. The molecule has 28 heavy (non-hydrogen) atoms. The summed E-state index contributed by atoms with van der Waals surface area (Å²) in [5.41, 5.74) is 0. The lowest BCUT2D eigenvalue weighted by Crippen LogP contribution is -2.39. The van der Waals surface area contributed by atoms with E-state index in [4.69, 9.17) is 22.2 Å². The number of aromatic nitrogens is 2. The quantitative estimate of drug-likeness (QED) is 0.736. The van der Waals surface area contributed by atoms with Gasteiger partial charge in [-0.15, -0.1) is 0 Å². The van der Waals surface area contributed by atoms with E-state index in [1.54, 1.807) is 0 Å². The molecule has 7 heteroatoms. The van der Waals surface area contributed by atoms with E-state index in [1.165, 1.54) is 64.2 Å². The fourth-order valence-corrected chi connectivity index (χ4v) is 5.00. The SMILES string of the molecule is C[C@H]1CCCCN1c1cc(N2CCCCC2)nc(NC(=S)NC2CCCC2)n1. The molecule has 4 rings (SSSR count). The van der Waals surface area contributed by atoms with E-state index >= 15 is 0 Å². The second-order valence-corrected chi connectivity index (χ2v) is 8.98. The molecule has 154 valence electrons. The summed E-state index contributed by atoms with van der Waals surface area (Å²) in [4.78, 5) is 14.6. The Balaban J connectivity index is 1.54. The zero-order valence-electron chi connectivity index (χ0n) is 17.1. The van der Waals surface area contributed by atoms with Gasteiger partial charge in [-0.3, -0.25) is 0 Å². The first-order valence-corrected chi connectivity index (χ1v) is 11.6. The van der Waals surface area contributed by atoms with E-state index in [2.05, 4.69) is 33.4 Å². The van der Waals surface area contributed by atoms with Crippen molar-refractivity contribution < 1.29 is 0 Å². The van der Waals surface area contributed by atoms with Crippen molar-refractivity contribution in [2.45, 2.75) is 83.2 Å². The molecule has 3 heterocycles. The van der Waals surface area contributed by atoms with Crippen LogP contribution in [0.15, 0.2) is 6.07 Å². The van der Waals surface area contributed by atoms with Gasteiger partial charge in [-0.2, -0.15) is 9.97 Å². The van der Waals surface area contributed by atoms with Crippen LogP contribution in [0.2, 0.25) is 0 Å². The van der Waals surface area contributed by atoms with Crippen LogP contribution in [0.1, 0.15) is 71.1 Å². The molecule has 2 N–H and O–H groups in total. The Morgan fingerprint density at radius 2 is 1.61 bits per heavy atom. The molecule has 3 aliphatic rings. The van der Waals surface area contributed by atoms with Gasteiger partial charge in [0.1, 0.15) is 11.6 Å². The summed E-state index contributed by atoms with van der Waals surface area (Å²) in [7, 11) is 0. The Hall–Kier alpha value is -1.63. The van der Waals surface area contributed by atoms with Crippen molar-refractivity contribution >= 4 is 34.9 Å². The van der Waals surface area contributed by atoms with Gasteiger partial charge in [0, 0.05) is 37.8 Å². The standard InChI is InChI=1S/C21H34N6S/c1-16-9-5-8-14-27(16)19-15-18(26-12-6-2-7-13-26)23-20(24-19)25-21(28)22-17-10-3-4-11-17/h15-17H,2-14H2,1H3,(H2,22,23,24,25,28)/t16-/m0/s1. The van der Waals surface area contributed by atoms with Gasteiger partial charge < -0.3 is 20.4 Å². The third-order valence-corrected chi connectivity index (χ3v) is 6.61. The molecular weight excluding hydrogens is 368 g/mol. The number of nitrogens with zero attached hydrogens (tertiary/aromatic N) is 4. The second-order valence-electron chi connectivity index (χ2n) is 8.57. The van der Waals surface area contributed by atoms with E-state index < -0.39 is 0 Å². The van der Waals surface area contributed by atoms with Crippen molar-refractivity contribution in [3.8, 4) is 0 Å². The zero-order chi connectivity index (χ0) is 19.3. The Kier molecular flexibility index (Phi) is 6.50. The predicted molar refractivity (Wildman–Crippen MR) is 120 cm³/mol. The fourth-order valence-electron chi connectivity index (χ4n) is 4.74. The van der Waals surface area contributed by atoms with E-state index in [-0.39, 0.29) is 0 Å². The number of nitrogens with one attached hydrogen (secondary N) is 2. The van der Waals surface area contributed by atoms with Gasteiger partial charge in [-0.1, -0.05) is 12.8 Å². The lowest BCUT2D eigenvalue weighted by molar-refractivity contribution is 0.481. The summed E-state index contributed by atoms with van der Waals surface area (Å²) in [6.07, 6.45) is 12.6. The number of rotatable bonds is 4. The lowest BCUT2D eigenvalue weighted by Gasteiger charge is -2.35. The summed E-state index contributed by atoms with van der Waals surface area (Å²) in [6, 6.07) is 3.20. The molecule has 1 aromatic rings. The van der Waals surface area contributed by atoms with Crippen molar-refractivity contribution in [3.05, 3.63) is 6.07 Å². The Morgan fingerprint density at radius 1 is 0.929 bits per heavy atom. The van der Waals surface area contributed by atoms with Crippen molar-refractivity contribution in [1.82, 2.24) is 15.3 Å². The van der Waals surface area contributed by atoms with Gasteiger partial charge in [0.15, 0.2) is 5.11 Å². The number of thiocarbonyl (C=S) groups is 1. The highest BCUT2D eigenvalue weighted by atomic mass is 32.1. The van der Waals surface area contributed by atoms with E-state index in [1.807, 2.05) is 0 Å². The summed E-state index contributed by atoms with van der Waals surface area (Å²) >= 11 is 5.57. The van der Waals surface area contributed by atoms with Crippen LogP contribution in [0.25, 0.3) is 0 Å². The van der Waals surface area contributed by atoms with Crippen molar-refractivity contribution in [3.63, 3.8) is 0 Å². The smallest absolute Gasteiger partial charge is 0.232 e. The fraction of sp³-hybridized carbons (Fsp3) is 0.762. The minimum atomic E-state index is 0.492. The molecule has 1 atom stereocenters. The zero-order valence-corrected chi connectivity index (χ0v) is 17.9. The summed E-state index contributed by atoms with van der Waals surface area (Å²) < 4.78 is 0. The number of hydrogen-bond acceptors (Lipinski definition) is 5. The van der Waals surface area contributed by atoms with Crippen LogP contribution in [0.5, 0.6) is 0 Å². The molecule has 0 spiro atoms. The van der Waals surface area contributed by atoms with Crippen LogP contribution in [-0.4, -0.2) is 46.8 Å². The molecule has 1 aliphatic carbocycles. The maximum absolute atomic E-state index is 5.57. The van der Waals surface area contributed by atoms with Crippen molar-refractivity contribution in [2.75, 3.05) is 34.8 Å². The normalized spacial score (nSPS) is 23.7. The molecule has 1 saturated carbocycles. The largest absolute Gasteiger partial charge is 0.360 e. The minimum Gasteiger partial charge on any atom is -0.360 e. The van der Waals surface area contributed by atoms with Crippen LogP contribution in [0.4, 0.5) is 17.6 Å². The Bertz CT molecular complexity index is 669. The third kappa shape index (κ3) is 4.85. The van der Waals surface area contributed by atoms with E-state index in [0.717, 1.165) is 31.3 Å². The van der Waals surface area contributed by atoms with Crippen LogP contribution >= 0.6 is 12.2 Å². The molecule has 2 saturated heterocycles. The van der Waals surface area contributed by atoms with Crippen molar-refractivity contribution in [1.29, 1.82) is 0 Å². The van der Waals surface area contributed by atoms with Crippen LogP contribution in [0, 0.1) is 0 Å². The first kappa shape index (κ1) is 19.7. The van der Waals surface area contributed by atoms with E-state index in [9.17, 15) is 0 Å². The van der Waals surface area contributed by atoms with Gasteiger partial charge in [0.25, 0.3) is 0 Å². The number of anilines is 3. The summed E-state index contributed by atoms with van der Waals surface area (Å²) in [5.74, 6) is 2.70. The molecular formula is C21H34N6S. The van der Waals surface area contributed by atoms with Crippen molar-refractivity contribution in [2.24, 2.45) is 0 Å². The molecule has 3 fully saturated rings. The third-order valence-electron chi connectivity index (χ3n) is 6.39. The second kappa shape index (κ2) is 9.25. The first-order chi connectivity index (χ1) is 13.7. The molecule has 0 amide bonds. The monoisotopic (exact) mass is 402 g/mol. The molecule has 2 aliphatic heterocycles. The molecule has 0 bridgehead atoms. The van der Waals surface area contributed by atoms with Gasteiger partial charge in [-0.05, 0) is 70.5 Å². The number of piperidine rings is 2. The highest BCUT2D eigenvalue weighted by Gasteiger charge is 2.23. The van der Waals surface area contributed by atoms with Gasteiger partial charge in [0.2, 0.25) is 5.95 Å². The van der Waals surface area contributed by atoms with Crippen LogP contribution in [-0.2, 0) is 0 Å². The van der Waals surface area contributed by atoms with Gasteiger partial charge >= 0.3 is 0 Å². The maximum atomic E-state index is 5.57. The summed E-state index contributed by atoms with van der Waals surface area (Å²) in [6.45, 7) is 5.54. The average Bonchev–Trinajstić information content (AvgIpc) is 3.21. The molecule has 6 nitrogen and oxygen atoms in total. The van der Waals surface area contributed by atoms with E-state index in [0.29, 0.717) is 23.1 Å².